The molecule has 0 spiro atoms. The topological polar surface area (TPSA) is 18.5 Å². The van der Waals surface area contributed by atoms with Crippen LogP contribution < -0.4 is 0 Å². The molecule has 0 aliphatic heterocycles. The Hall–Kier alpha value is -4.76. The van der Waals surface area contributed by atoms with Gasteiger partial charge in [-0.25, -0.2) is 0 Å². The minimum absolute atomic E-state index is 0.162. The molecule has 1 fully saturated rings. The van der Waals surface area contributed by atoms with Crippen LogP contribution in [0.2, 0.25) is 0 Å². The lowest BCUT2D eigenvalue weighted by Gasteiger charge is -2.46. The summed E-state index contributed by atoms with van der Waals surface area (Å²) in [4.78, 5) is 0. The first-order valence-corrected chi connectivity index (χ1v) is 16.5. The summed E-state index contributed by atoms with van der Waals surface area (Å²) < 4.78 is 15.4. The van der Waals surface area contributed by atoms with Crippen molar-refractivity contribution in [2.24, 2.45) is 0 Å². The molecule has 228 valence electrons. The van der Waals surface area contributed by atoms with Gasteiger partial charge in [-0.2, -0.15) is 0 Å². The fraction of sp³-hybridized carbons (Fsp3) is 0.182. The molecule has 1 aliphatic rings. The Labute approximate surface area is 273 Å². The molecule has 0 aromatic heterocycles. The Morgan fingerprint density at radius 2 is 0.500 bits per heavy atom. The lowest BCUT2D eigenvalue weighted by Crippen LogP contribution is -2.47. The van der Waals surface area contributed by atoms with Crippen LogP contribution in [0.25, 0.3) is 0 Å². The van der Waals surface area contributed by atoms with E-state index >= 15 is 0 Å². The molecule has 1 aliphatic carbocycles. The Bertz CT molecular complexity index is 1440. The van der Waals surface area contributed by atoms with Crippen LogP contribution in [-0.2, 0) is 20.7 Å². The first kappa shape index (κ1) is 29.9. The number of ether oxygens (including phenoxy) is 2. The minimum Gasteiger partial charge on any atom is -0.355 e. The quantitative estimate of drug-likeness (QED) is 0.146. The largest absolute Gasteiger partial charge is 0.355 e. The average Bonchev–Trinajstić information content (AvgIpc) is 3.15. The van der Waals surface area contributed by atoms with Gasteiger partial charge in [0.05, 0.1) is 12.2 Å². The van der Waals surface area contributed by atoms with Gasteiger partial charge in [0.15, 0.2) is 0 Å². The molecule has 2 nitrogen and oxygen atoms in total. The Morgan fingerprint density at radius 3 is 0.696 bits per heavy atom. The van der Waals surface area contributed by atoms with Crippen molar-refractivity contribution in [3.63, 3.8) is 0 Å². The van der Waals surface area contributed by atoms with E-state index in [1.54, 1.807) is 0 Å². The molecule has 1 saturated carbocycles. The number of benzene rings is 6. The third kappa shape index (κ3) is 5.71. The van der Waals surface area contributed by atoms with Crippen LogP contribution in [0.3, 0.4) is 0 Å². The first-order valence-electron chi connectivity index (χ1n) is 16.5. The van der Waals surface area contributed by atoms with Gasteiger partial charge in [0.1, 0.15) is 11.2 Å². The van der Waals surface area contributed by atoms with Crippen molar-refractivity contribution in [1.29, 1.82) is 0 Å². The van der Waals surface area contributed by atoms with Crippen LogP contribution in [0.15, 0.2) is 182 Å². The minimum atomic E-state index is -0.817. The zero-order valence-electron chi connectivity index (χ0n) is 26.1. The molecule has 2 atom stereocenters. The van der Waals surface area contributed by atoms with Crippen molar-refractivity contribution in [2.45, 2.75) is 49.1 Å². The van der Waals surface area contributed by atoms with Gasteiger partial charge in [0.2, 0.25) is 0 Å². The molecule has 7 rings (SSSR count). The highest BCUT2D eigenvalue weighted by Crippen LogP contribution is 2.47. The van der Waals surface area contributed by atoms with Crippen molar-refractivity contribution in [2.75, 3.05) is 0 Å². The highest BCUT2D eigenvalue weighted by molar-refractivity contribution is 5.49. The standard InChI is InChI=1S/C44H40O2/c1-7-21-35(22-8-1)43(36-23-9-2-10-24-36,37-25-11-3-12-26-37)45-41-33-19-20-34-42(41)46-44(38-27-13-4-14-28-38,39-29-15-5-16-30-39)40-31-17-6-18-32-40/h1-18,21-32,41-42H,19-20,33-34H2/t41-,42-/m1/s1. The molecule has 6 aromatic carbocycles. The Balaban J connectivity index is 1.39. The van der Waals surface area contributed by atoms with Gasteiger partial charge in [-0.3, -0.25) is 0 Å². The lowest BCUT2D eigenvalue weighted by molar-refractivity contribution is -0.167. The van der Waals surface area contributed by atoms with Crippen LogP contribution in [0.5, 0.6) is 0 Å². The fourth-order valence-corrected chi connectivity index (χ4v) is 7.23. The number of hydrogen-bond donors (Lipinski definition) is 0. The number of hydrogen-bond acceptors (Lipinski definition) is 2. The van der Waals surface area contributed by atoms with Crippen molar-refractivity contribution in [1.82, 2.24) is 0 Å². The van der Waals surface area contributed by atoms with Crippen molar-refractivity contribution in [3.8, 4) is 0 Å². The van der Waals surface area contributed by atoms with Gasteiger partial charge < -0.3 is 9.47 Å². The average molecular weight is 601 g/mol. The second kappa shape index (κ2) is 13.7. The molecule has 6 aromatic rings. The fourth-order valence-electron chi connectivity index (χ4n) is 7.23. The van der Waals surface area contributed by atoms with Crippen molar-refractivity contribution < 1.29 is 9.47 Å². The van der Waals surface area contributed by atoms with Gasteiger partial charge >= 0.3 is 0 Å². The van der Waals surface area contributed by atoms with E-state index in [0.717, 1.165) is 59.1 Å². The monoisotopic (exact) mass is 600 g/mol. The van der Waals surface area contributed by atoms with Crippen LogP contribution in [0.4, 0.5) is 0 Å². The van der Waals surface area contributed by atoms with E-state index in [4.69, 9.17) is 9.47 Å². The van der Waals surface area contributed by atoms with Crippen LogP contribution >= 0.6 is 0 Å². The van der Waals surface area contributed by atoms with E-state index in [-0.39, 0.29) is 12.2 Å². The maximum absolute atomic E-state index is 7.68. The highest BCUT2D eigenvalue weighted by atomic mass is 16.6. The molecular formula is C44H40O2. The van der Waals surface area contributed by atoms with Gasteiger partial charge in [-0.1, -0.05) is 195 Å². The summed E-state index contributed by atoms with van der Waals surface area (Å²) in [5.74, 6) is 0. The molecule has 46 heavy (non-hydrogen) atoms. The molecule has 0 N–H and O–H groups in total. The van der Waals surface area contributed by atoms with Gasteiger partial charge in [0, 0.05) is 0 Å². The molecular weight excluding hydrogens is 560 g/mol. The summed E-state index contributed by atoms with van der Waals surface area (Å²) in [5, 5.41) is 0. The van der Waals surface area contributed by atoms with E-state index in [2.05, 4.69) is 182 Å². The van der Waals surface area contributed by atoms with Crippen LogP contribution in [0.1, 0.15) is 59.1 Å². The van der Waals surface area contributed by atoms with E-state index < -0.39 is 11.2 Å². The summed E-state index contributed by atoms with van der Waals surface area (Å²) in [6.45, 7) is 0. The van der Waals surface area contributed by atoms with Gasteiger partial charge in [0.25, 0.3) is 0 Å². The predicted octanol–water partition coefficient (Wildman–Crippen LogP) is 10.3. The van der Waals surface area contributed by atoms with Crippen LogP contribution in [0, 0.1) is 0 Å². The smallest absolute Gasteiger partial charge is 0.144 e. The first-order chi connectivity index (χ1) is 22.8. The van der Waals surface area contributed by atoms with E-state index in [1.807, 2.05) is 0 Å². The summed E-state index contributed by atoms with van der Waals surface area (Å²) in [7, 11) is 0. The summed E-state index contributed by atoms with van der Waals surface area (Å²) in [5.41, 5.74) is 5.02. The molecule has 2 heteroatoms. The Kier molecular flexibility index (Phi) is 8.91. The highest BCUT2D eigenvalue weighted by Gasteiger charge is 2.46. The summed E-state index contributed by atoms with van der Waals surface area (Å²) in [6.07, 6.45) is 3.68. The van der Waals surface area contributed by atoms with E-state index in [9.17, 15) is 0 Å². The second-order valence-electron chi connectivity index (χ2n) is 12.2. The van der Waals surface area contributed by atoms with E-state index in [0.29, 0.717) is 0 Å². The molecule has 0 unspecified atom stereocenters. The summed E-state index contributed by atoms with van der Waals surface area (Å²) >= 11 is 0. The maximum Gasteiger partial charge on any atom is 0.144 e. The zero-order chi connectivity index (χ0) is 31.1. The summed E-state index contributed by atoms with van der Waals surface area (Å²) in [6, 6.07) is 64.1. The maximum atomic E-state index is 7.68. The zero-order valence-corrected chi connectivity index (χ0v) is 26.1. The second-order valence-corrected chi connectivity index (χ2v) is 12.2. The van der Waals surface area contributed by atoms with Gasteiger partial charge in [-0.15, -0.1) is 0 Å². The third-order valence-corrected chi connectivity index (χ3v) is 9.38. The molecule has 0 saturated heterocycles. The number of rotatable bonds is 10. The molecule has 0 amide bonds. The molecule has 0 heterocycles. The van der Waals surface area contributed by atoms with Gasteiger partial charge in [-0.05, 0) is 46.2 Å². The van der Waals surface area contributed by atoms with Crippen molar-refractivity contribution >= 4 is 0 Å². The van der Waals surface area contributed by atoms with E-state index in [1.165, 1.54) is 0 Å². The molecule has 0 radical (unpaired) electrons. The third-order valence-electron chi connectivity index (χ3n) is 9.38. The Morgan fingerprint density at radius 1 is 0.304 bits per heavy atom. The molecule has 0 bridgehead atoms. The lowest BCUT2D eigenvalue weighted by atomic mass is 9.78. The van der Waals surface area contributed by atoms with Crippen molar-refractivity contribution in [3.05, 3.63) is 215 Å². The predicted molar refractivity (Wildman–Crippen MR) is 187 cm³/mol. The SMILES string of the molecule is c1ccc(C(O[C@@H]2CCCC[C@H]2OC(c2ccccc2)(c2ccccc2)c2ccccc2)(c2ccccc2)c2ccccc2)cc1. The normalized spacial score (nSPS) is 17.0. The van der Waals surface area contributed by atoms with Crippen LogP contribution in [-0.4, -0.2) is 12.2 Å².